The predicted octanol–water partition coefficient (Wildman–Crippen LogP) is 4.08. The standard InChI is InChI=1S/C15H20BrN3/c1-11(2)19-8-7-15(18-19)10-17-12(3)13-5-4-6-14(16)9-13/h4-9,11-12,17H,10H2,1-3H3/t12-/m1/s1. The number of nitrogens with one attached hydrogen (secondary N) is 1. The molecule has 1 N–H and O–H groups in total. The van der Waals surface area contributed by atoms with E-state index in [1.54, 1.807) is 0 Å². The van der Waals surface area contributed by atoms with Gasteiger partial charge in [0.25, 0.3) is 0 Å². The molecular formula is C15H20BrN3. The molecule has 0 unspecified atom stereocenters. The van der Waals surface area contributed by atoms with Gasteiger partial charge in [0.05, 0.1) is 5.69 Å². The lowest BCUT2D eigenvalue weighted by Gasteiger charge is -2.13. The van der Waals surface area contributed by atoms with E-state index in [9.17, 15) is 0 Å². The van der Waals surface area contributed by atoms with Crippen LogP contribution < -0.4 is 5.32 Å². The van der Waals surface area contributed by atoms with Crippen molar-refractivity contribution in [3.63, 3.8) is 0 Å². The normalized spacial score (nSPS) is 12.9. The van der Waals surface area contributed by atoms with Crippen LogP contribution in [0, 0.1) is 0 Å². The second-order valence-electron chi connectivity index (χ2n) is 5.04. The van der Waals surface area contributed by atoms with E-state index in [0.29, 0.717) is 12.1 Å². The fraction of sp³-hybridized carbons (Fsp3) is 0.400. The summed E-state index contributed by atoms with van der Waals surface area (Å²) >= 11 is 3.50. The fourth-order valence-corrected chi connectivity index (χ4v) is 2.33. The Morgan fingerprint density at radius 3 is 2.68 bits per heavy atom. The average molecular weight is 322 g/mol. The maximum absolute atomic E-state index is 4.54. The van der Waals surface area contributed by atoms with Crippen LogP contribution in [0.1, 0.15) is 44.1 Å². The first-order chi connectivity index (χ1) is 9.06. The summed E-state index contributed by atoms with van der Waals surface area (Å²) < 4.78 is 3.10. The molecule has 0 aliphatic heterocycles. The third-order valence-electron chi connectivity index (χ3n) is 3.13. The fourth-order valence-electron chi connectivity index (χ4n) is 1.91. The third kappa shape index (κ3) is 3.91. The van der Waals surface area contributed by atoms with Crippen molar-refractivity contribution in [1.29, 1.82) is 0 Å². The Hall–Kier alpha value is -1.13. The molecule has 2 rings (SSSR count). The predicted molar refractivity (Wildman–Crippen MR) is 82.0 cm³/mol. The maximum atomic E-state index is 4.54. The second-order valence-corrected chi connectivity index (χ2v) is 5.95. The van der Waals surface area contributed by atoms with Gasteiger partial charge in [-0.05, 0) is 44.5 Å². The molecule has 19 heavy (non-hydrogen) atoms. The van der Waals surface area contributed by atoms with Gasteiger partial charge in [-0.2, -0.15) is 5.10 Å². The van der Waals surface area contributed by atoms with Crippen LogP contribution in [0.15, 0.2) is 41.0 Å². The summed E-state index contributed by atoms with van der Waals surface area (Å²) in [6.45, 7) is 7.22. The van der Waals surface area contributed by atoms with Crippen molar-refractivity contribution in [2.45, 2.75) is 39.4 Å². The van der Waals surface area contributed by atoms with E-state index in [4.69, 9.17) is 0 Å². The van der Waals surface area contributed by atoms with E-state index in [0.717, 1.165) is 16.7 Å². The first-order valence-electron chi connectivity index (χ1n) is 6.59. The molecule has 0 aliphatic rings. The minimum Gasteiger partial charge on any atom is -0.304 e. The summed E-state index contributed by atoms with van der Waals surface area (Å²) in [4.78, 5) is 0. The van der Waals surface area contributed by atoms with Crippen molar-refractivity contribution in [3.8, 4) is 0 Å². The minimum absolute atomic E-state index is 0.307. The van der Waals surface area contributed by atoms with Crippen LogP contribution >= 0.6 is 15.9 Å². The van der Waals surface area contributed by atoms with Crippen molar-refractivity contribution < 1.29 is 0 Å². The number of rotatable bonds is 5. The molecule has 1 heterocycles. The smallest absolute Gasteiger partial charge is 0.0762 e. The number of hydrogen-bond donors (Lipinski definition) is 1. The average Bonchev–Trinajstić information content (AvgIpc) is 2.85. The van der Waals surface area contributed by atoms with E-state index in [1.807, 2.05) is 16.9 Å². The molecule has 2 aromatic rings. The Kier molecular flexibility index (Phi) is 4.77. The van der Waals surface area contributed by atoms with Gasteiger partial charge in [0.2, 0.25) is 0 Å². The molecule has 1 atom stereocenters. The Labute approximate surface area is 123 Å². The number of aromatic nitrogens is 2. The van der Waals surface area contributed by atoms with E-state index in [2.05, 4.69) is 71.4 Å². The van der Waals surface area contributed by atoms with Crippen LogP contribution in [0.4, 0.5) is 0 Å². The molecule has 0 fully saturated rings. The molecule has 0 amide bonds. The summed E-state index contributed by atoms with van der Waals surface area (Å²) in [7, 11) is 0. The summed E-state index contributed by atoms with van der Waals surface area (Å²) in [5.74, 6) is 0. The van der Waals surface area contributed by atoms with E-state index in [1.165, 1.54) is 5.56 Å². The number of halogens is 1. The molecule has 0 radical (unpaired) electrons. The van der Waals surface area contributed by atoms with Crippen LogP contribution in [0.2, 0.25) is 0 Å². The van der Waals surface area contributed by atoms with Crippen molar-refractivity contribution >= 4 is 15.9 Å². The van der Waals surface area contributed by atoms with Crippen molar-refractivity contribution in [1.82, 2.24) is 15.1 Å². The highest BCUT2D eigenvalue weighted by atomic mass is 79.9. The molecule has 1 aromatic heterocycles. The SMILES string of the molecule is CC(C)n1ccc(CN[C@H](C)c2cccc(Br)c2)n1. The minimum atomic E-state index is 0.307. The van der Waals surface area contributed by atoms with Gasteiger partial charge in [-0.3, -0.25) is 4.68 Å². The summed E-state index contributed by atoms with van der Waals surface area (Å²) in [6, 6.07) is 11.2. The lowest BCUT2D eigenvalue weighted by atomic mass is 10.1. The molecule has 0 saturated carbocycles. The highest BCUT2D eigenvalue weighted by Crippen LogP contribution is 2.18. The molecule has 4 heteroatoms. The van der Waals surface area contributed by atoms with Crippen LogP contribution in [-0.2, 0) is 6.54 Å². The molecule has 0 bridgehead atoms. The zero-order valence-electron chi connectivity index (χ0n) is 11.6. The maximum Gasteiger partial charge on any atom is 0.0762 e. The zero-order chi connectivity index (χ0) is 13.8. The van der Waals surface area contributed by atoms with E-state index < -0.39 is 0 Å². The lowest BCUT2D eigenvalue weighted by molar-refractivity contribution is 0.512. The largest absolute Gasteiger partial charge is 0.304 e. The molecule has 3 nitrogen and oxygen atoms in total. The Balaban J connectivity index is 1.94. The van der Waals surface area contributed by atoms with Gasteiger partial charge in [-0.25, -0.2) is 0 Å². The molecule has 102 valence electrons. The zero-order valence-corrected chi connectivity index (χ0v) is 13.2. The third-order valence-corrected chi connectivity index (χ3v) is 3.62. The van der Waals surface area contributed by atoms with Crippen molar-refractivity contribution in [3.05, 3.63) is 52.3 Å². The number of benzene rings is 1. The van der Waals surface area contributed by atoms with Crippen LogP contribution in [0.5, 0.6) is 0 Å². The van der Waals surface area contributed by atoms with Crippen LogP contribution in [-0.4, -0.2) is 9.78 Å². The monoisotopic (exact) mass is 321 g/mol. The highest BCUT2D eigenvalue weighted by Gasteiger charge is 2.07. The molecule has 0 aliphatic carbocycles. The van der Waals surface area contributed by atoms with Crippen molar-refractivity contribution in [2.24, 2.45) is 0 Å². The topological polar surface area (TPSA) is 29.9 Å². The molecule has 0 saturated heterocycles. The Morgan fingerprint density at radius 2 is 2.05 bits per heavy atom. The van der Waals surface area contributed by atoms with Gasteiger partial charge in [0.15, 0.2) is 0 Å². The summed E-state index contributed by atoms with van der Waals surface area (Å²) in [6.07, 6.45) is 2.03. The first-order valence-corrected chi connectivity index (χ1v) is 7.38. The quantitative estimate of drug-likeness (QED) is 0.899. The Morgan fingerprint density at radius 1 is 1.26 bits per heavy atom. The molecular weight excluding hydrogens is 302 g/mol. The number of hydrogen-bond acceptors (Lipinski definition) is 2. The summed E-state index contributed by atoms with van der Waals surface area (Å²) in [5, 5.41) is 8.04. The Bertz CT molecular complexity index is 534. The molecule has 0 spiro atoms. The van der Waals surface area contributed by atoms with Crippen LogP contribution in [0.25, 0.3) is 0 Å². The van der Waals surface area contributed by atoms with Gasteiger partial charge in [-0.15, -0.1) is 0 Å². The first kappa shape index (κ1) is 14.3. The van der Waals surface area contributed by atoms with Gasteiger partial charge < -0.3 is 5.32 Å². The highest BCUT2D eigenvalue weighted by molar-refractivity contribution is 9.10. The summed E-state index contributed by atoms with van der Waals surface area (Å²) in [5.41, 5.74) is 2.35. The van der Waals surface area contributed by atoms with Gasteiger partial charge in [0.1, 0.15) is 0 Å². The van der Waals surface area contributed by atoms with Crippen molar-refractivity contribution in [2.75, 3.05) is 0 Å². The lowest BCUT2D eigenvalue weighted by Crippen LogP contribution is -2.18. The van der Waals surface area contributed by atoms with Crippen LogP contribution in [0.3, 0.4) is 0 Å². The van der Waals surface area contributed by atoms with E-state index in [-0.39, 0.29) is 0 Å². The molecule has 1 aromatic carbocycles. The van der Waals surface area contributed by atoms with Gasteiger partial charge in [0, 0.05) is 29.3 Å². The second kappa shape index (κ2) is 6.35. The van der Waals surface area contributed by atoms with E-state index >= 15 is 0 Å². The number of nitrogens with zero attached hydrogens (tertiary/aromatic N) is 2. The van der Waals surface area contributed by atoms with Gasteiger partial charge >= 0.3 is 0 Å². The van der Waals surface area contributed by atoms with Gasteiger partial charge in [-0.1, -0.05) is 28.1 Å².